The first kappa shape index (κ1) is 51.0. The van der Waals surface area contributed by atoms with Crippen molar-refractivity contribution in [2.45, 2.75) is 246 Å². The average Bonchev–Trinajstić information content (AvgIpc) is 3.06. The van der Waals surface area contributed by atoms with Crippen LogP contribution in [0.3, 0.4) is 0 Å². The van der Waals surface area contributed by atoms with Crippen LogP contribution in [-0.2, 0) is 0 Å². The van der Waals surface area contributed by atoms with Crippen LogP contribution in [0.15, 0.2) is 0 Å². The Morgan fingerprint density at radius 1 is 0.188 bits per heavy atom. The van der Waals surface area contributed by atoms with Gasteiger partial charge in [-0.1, -0.05) is 207 Å². The summed E-state index contributed by atoms with van der Waals surface area (Å²) < 4.78 is 0. The summed E-state index contributed by atoms with van der Waals surface area (Å²) in [5.41, 5.74) is 0. The molecule has 0 spiro atoms. The topological polar surface area (TPSA) is 0 Å². The Morgan fingerprint density at radius 2 is 0.333 bits per heavy atom. The zero-order valence-electron chi connectivity index (χ0n) is 35.8. The predicted octanol–water partition coefficient (Wildman–Crippen LogP) is 17.9. The second-order valence-corrected chi connectivity index (χ2v) is 26.9. The molecule has 0 atom stereocenters. The molecule has 0 aromatic rings. The van der Waals surface area contributed by atoms with E-state index in [1.54, 1.807) is 12.3 Å². The second kappa shape index (κ2) is 40.6. The lowest BCUT2D eigenvalue weighted by molar-refractivity contribution is 0.531. The Bertz CT molecular complexity index is 568. The molecular formula is C46H100P2+2. The number of hydrogen-bond donors (Lipinski definition) is 0. The third kappa shape index (κ3) is 44.9. The first-order valence-corrected chi connectivity index (χ1v) is 29.0. The summed E-state index contributed by atoms with van der Waals surface area (Å²) in [7, 11) is -1.09. The molecule has 48 heavy (non-hydrogen) atoms. The van der Waals surface area contributed by atoms with Gasteiger partial charge in [-0.25, -0.2) is 0 Å². The number of hydrogen-bond acceptors (Lipinski definition) is 0. The van der Waals surface area contributed by atoms with E-state index in [0.29, 0.717) is 0 Å². The van der Waals surface area contributed by atoms with Gasteiger partial charge in [-0.2, -0.15) is 0 Å². The van der Waals surface area contributed by atoms with Crippen LogP contribution in [0.1, 0.15) is 246 Å². The van der Waals surface area contributed by atoms with E-state index in [4.69, 9.17) is 0 Å². The van der Waals surface area contributed by atoms with Crippen LogP contribution in [0.25, 0.3) is 0 Å². The highest BCUT2D eigenvalue weighted by Gasteiger charge is 2.23. The van der Waals surface area contributed by atoms with E-state index in [1.165, 1.54) is 231 Å². The van der Waals surface area contributed by atoms with E-state index in [2.05, 4.69) is 54.4 Å². The zero-order chi connectivity index (χ0) is 35.9. The van der Waals surface area contributed by atoms with Crippen molar-refractivity contribution in [1.82, 2.24) is 0 Å². The van der Waals surface area contributed by atoms with Crippen LogP contribution in [0.5, 0.6) is 0 Å². The molecule has 292 valence electrons. The SMILES string of the molecule is CCCCCCCCCCCCCCCCCC[P+](C)(C)CCCC.CCCCCCCCCCCCCCCC[P+](C)(C)CCCC. The molecule has 0 heterocycles. The van der Waals surface area contributed by atoms with Gasteiger partial charge in [-0.15, -0.1) is 0 Å². The normalized spacial score (nSPS) is 12.0. The van der Waals surface area contributed by atoms with Gasteiger partial charge < -0.3 is 0 Å². The van der Waals surface area contributed by atoms with E-state index < -0.39 is 14.5 Å². The lowest BCUT2D eigenvalue weighted by Gasteiger charge is -2.17. The molecule has 2 heteroatoms. The van der Waals surface area contributed by atoms with Crippen LogP contribution in [0, 0.1) is 0 Å². The summed E-state index contributed by atoms with van der Waals surface area (Å²) in [6, 6.07) is 0. The fourth-order valence-electron chi connectivity index (χ4n) is 7.22. The number of rotatable bonds is 38. The summed E-state index contributed by atoms with van der Waals surface area (Å²) in [5.74, 6) is 0. The molecule has 0 nitrogen and oxygen atoms in total. The molecule has 0 fully saturated rings. The maximum atomic E-state index is 2.58. The van der Waals surface area contributed by atoms with Crippen molar-refractivity contribution in [1.29, 1.82) is 0 Å². The highest BCUT2D eigenvalue weighted by atomic mass is 31.2. The summed E-state index contributed by atoms with van der Waals surface area (Å²) in [6.45, 7) is 19.6. The first-order valence-electron chi connectivity index (χ1n) is 22.9. The molecule has 0 aliphatic heterocycles. The third-order valence-electron chi connectivity index (χ3n) is 11.0. The standard InChI is InChI=1S/C24H52P.C22H48P/c1-5-7-9-10-11-12-13-14-15-16-17-18-19-20-21-22-24-25(3,4)23-8-6-2;1-5-7-9-10-11-12-13-14-15-16-17-18-19-20-22-23(3,4)21-8-6-2/h5-24H2,1-4H3;5-22H2,1-4H3/q2*+1. The van der Waals surface area contributed by atoms with Gasteiger partial charge in [0.05, 0.1) is 24.6 Å². The Morgan fingerprint density at radius 3 is 0.521 bits per heavy atom. The van der Waals surface area contributed by atoms with Crippen molar-refractivity contribution in [3.8, 4) is 0 Å². The highest BCUT2D eigenvalue weighted by molar-refractivity contribution is 7.74. The van der Waals surface area contributed by atoms with Crippen molar-refractivity contribution < 1.29 is 0 Å². The number of unbranched alkanes of at least 4 members (excludes halogenated alkanes) is 30. The average molecular weight is 715 g/mol. The Balaban J connectivity index is 0. The van der Waals surface area contributed by atoms with Gasteiger partial charge in [-0.3, -0.25) is 0 Å². The maximum Gasteiger partial charge on any atom is 0.0589 e. The molecule has 0 amide bonds. The van der Waals surface area contributed by atoms with Crippen LogP contribution >= 0.6 is 14.5 Å². The van der Waals surface area contributed by atoms with Crippen LogP contribution in [0.2, 0.25) is 0 Å². The molecule has 0 aliphatic carbocycles. The Labute approximate surface area is 310 Å². The van der Waals surface area contributed by atoms with Crippen molar-refractivity contribution in [2.24, 2.45) is 0 Å². The van der Waals surface area contributed by atoms with Gasteiger partial charge in [0.15, 0.2) is 0 Å². The molecule has 0 rings (SSSR count). The van der Waals surface area contributed by atoms with Gasteiger partial charge >= 0.3 is 0 Å². The molecule has 0 saturated heterocycles. The van der Waals surface area contributed by atoms with Crippen molar-refractivity contribution >= 4 is 14.5 Å². The molecule has 0 aliphatic rings. The molecule has 0 aromatic heterocycles. The molecule has 0 N–H and O–H groups in total. The smallest absolute Gasteiger partial charge is 0.0589 e. The van der Waals surface area contributed by atoms with Crippen LogP contribution in [-0.4, -0.2) is 51.3 Å². The lowest BCUT2D eigenvalue weighted by Crippen LogP contribution is -2.00. The predicted molar refractivity (Wildman–Crippen MR) is 237 cm³/mol. The molecular weight excluding hydrogens is 614 g/mol. The summed E-state index contributed by atoms with van der Waals surface area (Å²) in [5, 5.41) is 0. The van der Waals surface area contributed by atoms with Gasteiger partial charge in [0.1, 0.15) is 0 Å². The first-order chi connectivity index (χ1) is 23.2. The summed E-state index contributed by atoms with van der Waals surface area (Å²) >= 11 is 0. The Hall–Kier alpha value is 0.860. The molecule has 0 unspecified atom stereocenters. The zero-order valence-corrected chi connectivity index (χ0v) is 37.6. The minimum absolute atomic E-state index is 0.544. The minimum atomic E-state index is -0.547. The quantitative estimate of drug-likeness (QED) is 0.0441. The second-order valence-electron chi connectivity index (χ2n) is 17.4. The van der Waals surface area contributed by atoms with Gasteiger partial charge in [-0.05, 0) is 38.5 Å². The van der Waals surface area contributed by atoms with E-state index in [1.807, 2.05) is 0 Å². The maximum absolute atomic E-state index is 2.58. The van der Waals surface area contributed by atoms with Gasteiger partial charge in [0.2, 0.25) is 0 Å². The molecule has 0 aromatic carbocycles. The van der Waals surface area contributed by atoms with E-state index in [-0.39, 0.29) is 0 Å². The van der Waals surface area contributed by atoms with E-state index in [9.17, 15) is 0 Å². The third-order valence-corrected chi connectivity index (χ3v) is 17.1. The summed E-state index contributed by atoms with van der Waals surface area (Å²) in [4.78, 5) is 0. The minimum Gasteiger partial charge on any atom is -0.0654 e. The van der Waals surface area contributed by atoms with E-state index >= 15 is 0 Å². The van der Waals surface area contributed by atoms with Gasteiger partial charge in [0, 0.05) is 41.2 Å². The molecule has 0 bridgehead atoms. The van der Waals surface area contributed by atoms with Crippen molar-refractivity contribution in [3.05, 3.63) is 0 Å². The fourth-order valence-corrected chi connectivity index (χ4v) is 12.2. The highest BCUT2D eigenvalue weighted by Crippen LogP contribution is 2.53. The van der Waals surface area contributed by atoms with Gasteiger partial charge in [0.25, 0.3) is 0 Å². The largest absolute Gasteiger partial charge is 0.0654 e. The fraction of sp³-hybridized carbons (Fsp3) is 1.00. The summed E-state index contributed by atoms with van der Waals surface area (Å²) in [6.07, 6.45) is 56.1. The lowest BCUT2D eigenvalue weighted by atomic mass is 10.0. The van der Waals surface area contributed by atoms with Crippen LogP contribution in [0.4, 0.5) is 0 Å². The van der Waals surface area contributed by atoms with Crippen LogP contribution < -0.4 is 0 Å². The monoisotopic (exact) mass is 715 g/mol. The molecule has 0 radical (unpaired) electrons. The van der Waals surface area contributed by atoms with Crippen molar-refractivity contribution in [3.63, 3.8) is 0 Å². The Kier molecular flexibility index (Phi) is 43.1. The van der Waals surface area contributed by atoms with Crippen molar-refractivity contribution in [2.75, 3.05) is 51.3 Å². The van der Waals surface area contributed by atoms with E-state index in [0.717, 1.165) is 0 Å². The molecule has 0 saturated carbocycles.